The number of carbonyl (C=O) groups is 4. The van der Waals surface area contributed by atoms with Crippen molar-refractivity contribution in [1.29, 1.82) is 0 Å². The summed E-state index contributed by atoms with van der Waals surface area (Å²) in [5.41, 5.74) is 5.78. The van der Waals surface area contributed by atoms with E-state index in [-0.39, 0.29) is 37.5 Å². The first-order valence-electron chi connectivity index (χ1n) is 17.7. The number of rotatable bonds is 13. The van der Waals surface area contributed by atoms with Gasteiger partial charge in [0.15, 0.2) is 0 Å². The number of nitrogens with one attached hydrogen (secondary N) is 4. The molecule has 3 aromatic carbocycles. The van der Waals surface area contributed by atoms with Crippen LogP contribution in [-0.4, -0.2) is 94.1 Å². The van der Waals surface area contributed by atoms with Crippen LogP contribution in [0.15, 0.2) is 73.1 Å². The third-order valence-electron chi connectivity index (χ3n) is 9.45. The molecule has 0 spiro atoms. The normalized spacial score (nSPS) is 13.9. The van der Waals surface area contributed by atoms with E-state index in [1.54, 1.807) is 22.2 Å². The number of ether oxygens (including phenoxy) is 2. The average molecular weight is 721 g/mol. The smallest absolute Gasteiger partial charge is 0.407 e. The van der Waals surface area contributed by atoms with Crippen molar-refractivity contribution >= 4 is 34.8 Å². The van der Waals surface area contributed by atoms with Gasteiger partial charge in [-0.25, -0.2) is 19.6 Å². The maximum atomic E-state index is 12.9. The van der Waals surface area contributed by atoms with Gasteiger partial charge in [-0.2, -0.15) is 0 Å². The maximum Gasteiger partial charge on any atom is 0.407 e. The van der Waals surface area contributed by atoms with Crippen molar-refractivity contribution in [3.05, 3.63) is 84.7 Å². The predicted octanol–water partition coefficient (Wildman–Crippen LogP) is 5.79. The van der Waals surface area contributed by atoms with Crippen molar-refractivity contribution in [2.75, 3.05) is 40.4 Å². The Balaban J connectivity index is 1.18. The summed E-state index contributed by atoms with van der Waals surface area (Å²) in [6, 6.07) is 20.5. The van der Waals surface area contributed by atoms with Gasteiger partial charge in [0.2, 0.25) is 11.8 Å². The molecule has 0 unspecified atom stereocenters. The van der Waals surface area contributed by atoms with E-state index in [9.17, 15) is 19.2 Å². The van der Waals surface area contributed by atoms with E-state index in [4.69, 9.17) is 0 Å². The number of methoxy groups -OCH3 is 2. The number of carbonyl (C=O) groups excluding carboxylic acids is 4. The van der Waals surface area contributed by atoms with Crippen LogP contribution in [0.3, 0.4) is 0 Å². The summed E-state index contributed by atoms with van der Waals surface area (Å²) >= 11 is 0. The van der Waals surface area contributed by atoms with Gasteiger partial charge in [-0.3, -0.25) is 9.59 Å². The molecule has 6 rings (SSSR count). The van der Waals surface area contributed by atoms with Crippen molar-refractivity contribution in [3.8, 4) is 33.6 Å². The molecule has 4 N–H and O–H groups in total. The summed E-state index contributed by atoms with van der Waals surface area (Å²) in [4.78, 5) is 68.2. The van der Waals surface area contributed by atoms with E-state index in [1.165, 1.54) is 14.2 Å². The van der Waals surface area contributed by atoms with Crippen LogP contribution in [0.5, 0.6) is 0 Å². The largest absolute Gasteiger partial charge is 0.453 e. The topological polar surface area (TPSA) is 175 Å². The predicted molar refractivity (Wildman–Crippen MR) is 199 cm³/mol. The molecule has 0 aliphatic carbocycles. The summed E-state index contributed by atoms with van der Waals surface area (Å²) in [6.45, 7) is 3.21. The first-order valence-corrected chi connectivity index (χ1v) is 17.7. The van der Waals surface area contributed by atoms with Crippen LogP contribution in [0.1, 0.15) is 50.3 Å². The molecule has 0 bridgehead atoms. The number of hydrogen-bond acceptors (Lipinski definition) is 8. The molecule has 0 radical (unpaired) electrons. The van der Waals surface area contributed by atoms with Crippen LogP contribution in [-0.2, 0) is 25.6 Å². The van der Waals surface area contributed by atoms with Crippen LogP contribution in [0.25, 0.3) is 44.4 Å². The number of aromatic nitrogens is 4. The van der Waals surface area contributed by atoms with E-state index < -0.39 is 12.2 Å². The van der Waals surface area contributed by atoms with Gasteiger partial charge in [-0.15, -0.1) is 0 Å². The third kappa shape index (κ3) is 8.49. The Bertz CT molecular complexity index is 2070. The van der Waals surface area contributed by atoms with Crippen LogP contribution >= 0.6 is 0 Å². The van der Waals surface area contributed by atoms with Crippen molar-refractivity contribution in [2.45, 2.75) is 45.2 Å². The van der Waals surface area contributed by atoms with E-state index in [0.29, 0.717) is 24.7 Å². The Morgan fingerprint density at radius 3 is 2.21 bits per heavy atom. The highest BCUT2D eigenvalue weighted by atomic mass is 16.5. The molecule has 14 heteroatoms. The monoisotopic (exact) mass is 720 g/mol. The van der Waals surface area contributed by atoms with E-state index in [1.807, 2.05) is 12.1 Å². The lowest BCUT2D eigenvalue weighted by atomic mass is 9.93. The average Bonchev–Trinajstić information content (AvgIpc) is 3.99. The molecule has 1 saturated heterocycles. The van der Waals surface area contributed by atoms with Gasteiger partial charge >= 0.3 is 12.2 Å². The summed E-state index contributed by atoms with van der Waals surface area (Å²) < 4.78 is 9.19. The number of H-pyrrole nitrogens is 2. The molecule has 1 fully saturated rings. The number of alkyl carbamates (subject to hydrolysis) is 2. The van der Waals surface area contributed by atoms with Gasteiger partial charge in [0.1, 0.15) is 24.7 Å². The molecule has 0 saturated carbocycles. The second-order valence-corrected chi connectivity index (χ2v) is 12.8. The summed E-state index contributed by atoms with van der Waals surface area (Å²) in [5.74, 6) is 0.969. The molecular formula is C39H44N8O6. The zero-order valence-corrected chi connectivity index (χ0v) is 30.1. The third-order valence-corrected chi connectivity index (χ3v) is 9.45. The van der Waals surface area contributed by atoms with Gasteiger partial charge < -0.3 is 39.9 Å². The summed E-state index contributed by atoms with van der Waals surface area (Å²) in [6.07, 6.45) is 5.68. The van der Waals surface area contributed by atoms with Gasteiger partial charge in [-0.1, -0.05) is 74.0 Å². The van der Waals surface area contributed by atoms with Crippen molar-refractivity contribution in [2.24, 2.45) is 0 Å². The lowest BCUT2D eigenvalue weighted by Gasteiger charge is -2.23. The van der Waals surface area contributed by atoms with E-state index in [2.05, 4.69) is 95.5 Å². The SMILES string of the molecule is CCCCN(Cc1ncc(-c2ccc(-c3ccc(-c4cnc([C@@H]5CCCN5C(=O)CNC(=O)OC)[nH]4)cc3)c3ccccc23)[nH]1)C(=O)CNC(=O)OC. The number of likely N-dealkylation sites (tertiary alicyclic amines) is 1. The zero-order valence-electron chi connectivity index (χ0n) is 30.1. The fourth-order valence-electron chi connectivity index (χ4n) is 6.67. The number of hydrogen-bond donors (Lipinski definition) is 4. The van der Waals surface area contributed by atoms with Gasteiger partial charge in [-0.05, 0) is 46.7 Å². The molecule has 53 heavy (non-hydrogen) atoms. The zero-order chi connectivity index (χ0) is 37.3. The lowest BCUT2D eigenvalue weighted by molar-refractivity contribution is -0.131. The first-order chi connectivity index (χ1) is 25.8. The molecule has 1 atom stereocenters. The highest BCUT2D eigenvalue weighted by Gasteiger charge is 2.32. The second-order valence-electron chi connectivity index (χ2n) is 12.8. The Morgan fingerprint density at radius 2 is 1.49 bits per heavy atom. The maximum absolute atomic E-state index is 12.9. The highest BCUT2D eigenvalue weighted by molar-refractivity contribution is 6.04. The molecule has 14 nitrogen and oxygen atoms in total. The summed E-state index contributed by atoms with van der Waals surface area (Å²) in [7, 11) is 2.53. The standard InChI is InChI=1S/C39H44N8O6/c1-4-5-18-46(35(48)22-42-38(50)52-2)24-34-40-21-32(44-34)30-17-16-27(28-9-6-7-10-29(28)30)25-12-14-26(15-13-25)31-20-41-37(45-31)33-11-8-19-47(33)36(49)23-43-39(51)53-3/h6-7,9-10,12-17,20-21,33H,4-5,8,11,18-19,22-24H2,1-3H3,(H,40,44)(H,41,45)(H,42,50)(H,43,51)/t33-/m0/s1. The van der Waals surface area contributed by atoms with Gasteiger partial charge in [0, 0.05) is 18.7 Å². The number of nitrogens with zero attached hydrogens (tertiary/aromatic N) is 4. The molecule has 276 valence electrons. The lowest BCUT2D eigenvalue weighted by Crippen LogP contribution is -2.40. The molecule has 2 aromatic heterocycles. The van der Waals surface area contributed by atoms with Crippen LogP contribution in [0, 0.1) is 0 Å². The van der Waals surface area contributed by atoms with E-state index in [0.717, 1.165) is 70.1 Å². The number of unbranched alkanes of at least 4 members (excludes halogenated alkanes) is 1. The molecular weight excluding hydrogens is 676 g/mol. The first kappa shape index (κ1) is 36.6. The number of amides is 4. The highest BCUT2D eigenvalue weighted by Crippen LogP contribution is 2.36. The van der Waals surface area contributed by atoms with Gasteiger partial charge in [0.25, 0.3) is 0 Å². The number of fused-ring (bicyclic) bond motifs is 1. The fraction of sp³-hybridized carbons (Fsp3) is 0.333. The minimum Gasteiger partial charge on any atom is -0.453 e. The number of aromatic amines is 2. The quantitative estimate of drug-likeness (QED) is 0.118. The van der Waals surface area contributed by atoms with Crippen LogP contribution in [0.2, 0.25) is 0 Å². The molecule has 4 amide bonds. The van der Waals surface area contributed by atoms with Crippen molar-refractivity contribution < 1.29 is 28.7 Å². The Morgan fingerprint density at radius 1 is 0.830 bits per heavy atom. The molecule has 5 aromatic rings. The fourth-order valence-corrected chi connectivity index (χ4v) is 6.67. The minimum atomic E-state index is -0.650. The Labute approximate surface area is 307 Å². The molecule has 3 heterocycles. The summed E-state index contributed by atoms with van der Waals surface area (Å²) in [5, 5.41) is 7.07. The van der Waals surface area contributed by atoms with Crippen LogP contribution in [0.4, 0.5) is 9.59 Å². The van der Waals surface area contributed by atoms with E-state index >= 15 is 0 Å². The van der Waals surface area contributed by atoms with Crippen molar-refractivity contribution in [1.82, 2.24) is 40.4 Å². The number of imidazole rings is 2. The van der Waals surface area contributed by atoms with Crippen LogP contribution < -0.4 is 10.6 Å². The van der Waals surface area contributed by atoms with Gasteiger partial charge in [0.05, 0.1) is 50.6 Å². The Hall–Kier alpha value is -6.18. The minimum absolute atomic E-state index is 0.129. The van der Waals surface area contributed by atoms with Crippen molar-refractivity contribution in [3.63, 3.8) is 0 Å². The second kappa shape index (κ2) is 16.9. The Kier molecular flexibility index (Phi) is 11.7. The molecule has 1 aliphatic rings. The number of benzene rings is 3. The molecule has 1 aliphatic heterocycles.